The van der Waals surface area contributed by atoms with Gasteiger partial charge in [-0.1, -0.05) is 6.07 Å². The predicted molar refractivity (Wildman–Crippen MR) is 199 cm³/mol. The van der Waals surface area contributed by atoms with Crippen molar-refractivity contribution in [3.8, 4) is 0 Å². The second-order valence-corrected chi connectivity index (χ2v) is 14.5. The molecule has 284 valence electrons. The van der Waals surface area contributed by atoms with Crippen LogP contribution in [0.15, 0.2) is 104 Å². The van der Waals surface area contributed by atoms with Gasteiger partial charge in [0.25, 0.3) is 20.2 Å². The van der Waals surface area contributed by atoms with Gasteiger partial charge in [-0.15, -0.1) is 0 Å². The van der Waals surface area contributed by atoms with Crippen molar-refractivity contribution >= 4 is 84.1 Å². The molecule has 1 aromatic heterocycles. The van der Waals surface area contributed by atoms with Crippen LogP contribution in [0.2, 0.25) is 0 Å². The van der Waals surface area contributed by atoms with Crippen LogP contribution in [0.3, 0.4) is 0 Å². The molecule has 5 rings (SSSR count). The van der Waals surface area contributed by atoms with Gasteiger partial charge in [0.2, 0.25) is 17.8 Å². The van der Waals surface area contributed by atoms with Crippen molar-refractivity contribution in [2.75, 3.05) is 28.2 Å². The van der Waals surface area contributed by atoms with E-state index in [1.54, 1.807) is 50.2 Å². The molecular weight excluding hydrogens is 761 g/mol. The van der Waals surface area contributed by atoms with Crippen molar-refractivity contribution in [2.45, 2.75) is 18.7 Å². The van der Waals surface area contributed by atoms with Crippen molar-refractivity contribution in [1.29, 1.82) is 0 Å². The van der Waals surface area contributed by atoms with Crippen molar-refractivity contribution in [2.24, 2.45) is 20.5 Å². The highest BCUT2D eigenvalue weighted by Gasteiger charge is 2.14. The molecule has 0 saturated carbocycles. The number of aromatic nitrogens is 3. The number of carboxylic acid groups (broad SMARTS) is 2. The maximum absolute atomic E-state index is 11.4. The summed E-state index contributed by atoms with van der Waals surface area (Å²) < 4.78 is 63.9. The highest BCUT2D eigenvalue weighted by atomic mass is 32.2. The summed E-state index contributed by atoms with van der Waals surface area (Å²) in [6.45, 7) is 3.25. The summed E-state index contributed by atoms with van der Waals surface area (Å²) in [5, 5.41) is 43.8. The molecule has 0 fully saturated rings. The fourth-order valence-electron chi connectivity index (χ4n) is 4.65. The van der Waals surface area contributed by atoms with E-state index in [1.165, 1.54) is 36.4 Å². The van der Waals surface area contributed by atoms with Gasteiger partial charge in [-0.3, -0.25) is 9.11 Å². The van der Waals surface area contributed by atoms with E-state index < -0.39 is 37.9 Å². The zero-order valence-electron chi connectivity index (χ0n) is 28.6. The zero-order valence-corrected chi connectivity index (χ0v) is 30.2. The number of aromatic carboxylic acids is 2. The van der Waals surface area contributed by atoms with Crippen LogP contribution in [0, 0.1) is 13.8 Å². The van der Waals surface area contributed by atoms with Crippen LogP contribution in [0.4, 0.5) is 52.0 Å². The Hall–Kier alpha value is -6.75. The monoisotopic (exact) mass is 790 g/mol. The summed E-state index contributed by atoms with van der Waals surface area (Å²) >= 11 is 0. The van der Waals surface area contributed by atoms with Gasteiger partial charge in [0.05, 0.1) is 44.5 Å². The van der Waals surface area contributed by atoms with Crippen molar-refractivity contribution in [1.82, 2.24) is 15.0 Å². The third-order valence-corrected chi connectivity index (χ3v) is 8.83. The fraction of sp³-hybridized carbons (Fsp3) is 0.121. The summed E-state index contributed by atoms with van der Waals surface area (Å²) in [7, 11) is -8.70. The van der Waals surface area contributed by atoms with Gasteiger partial charge >= 0.3 is 11.9 Å². The number of carboxylic acids is 2. The lowest BCUT2D eigenvalue weighted by Crippen LogP contribution is -2.17. The first-order valence-electron chi connectivity index (χ1n) is 15.6. The van der Waals surface area contributed by atoms with Crippen LogP contribution in [0.5, 0.6) is 0 Å². The molecule has 20 nitrogen and oxygen atoms in total. The highest BCUT2D eigenvalue weighted by Crippen LogP contribution is 2.29. The molecule has 7 N–H and O–H groups in total. The fourth-order valence-corrected chi connectivity index (χ4v) is 5.53. The molecule has 0 radical (unpaired) electrons. The average Bonchev–Trinajstić information content (AvgIpc) is 3.10. The minimum Gasteiger partial charge on any atom is -0.478 e. The Bertz CT molecular complexity index is 2550. The average molecular weight is 791 g/mol. The van der Waals surface area contributed by atoms with E-state index in [9.17, 15) is 41.2 Å². The van der Waals surface area contributed by atoms with Crippen LogP contribution in [-0.2, 0) is 20.2 Å². The van der Waals surface area contributed by atoms with Gasteiger partial charge in [-0.05, 0) is 97.8 Å². The van der Waals surface area contributed by atoms with Crippen LogP contribution in [0.25, 0.3) is 0 Å². The number of carbonyl (C=O) groups is 2. The molecule has 0 amide bonds. The standard InChI is InChI=1S/C33H30N10O10S2/c1-18-12-22(6-8-27(18)42-40-24-4-3-5-26(17-24)55(51,52)53)35-32-37-31(34-10-11-54(48,49)50)38-33(39-32)36-23-7-9-28(19(2)13-23)43-41-25-15-20(29(44)45)14-21(16-25)30(46)47/h3-9,12-17H,10-11H2,1-2H3,(H,44,45)(H,46,47)(H,48,49,50)(H,51,52,53)(H3,34,35,36,37,38,39). The lowest BCUT2D eigenvalue weighted by atomic mass is 10.1. The summed E-state index contributed by atoms with van der Waals surface area (Å²) in [5.41, 5.74) is 2.81. The third kappa shape index (κ3) is 11.4. The molecule has 1 heterocycles. The minimum atomic E-state index is -4.42. The van der Waals surface area contributed by atoms with Gasteiger partial charge in [-0.2, -0.15) is 52.2 Å². The van der Waals surface area contributed by atoms with Crippen LogP contribution >= 0.6 is 0 Å². The number of nitrogens with one attached hydrogen (secondary N) is 3. The second-order valence-electron chi connectivity index (χ2n) is 11.5. The molecule has 0 aliphatic heterocycles. The molecule has 0 aliphatic rings. The van der Waals surface area contributed by atoms with E-state index >= 15 is 0 Å². The van der Waals surface area contributed by atoms with Crippen LogP contribution < -0.4 is 16.0 Å². The van der Waals surface area contributed by atoms with Crippen molar-refractivity contribution in [3.05, 3.63) is 101 Å². The Balaban J connectivity index is 1.36. The van der Waals surface area contributed by atoms with E-state index in [1.807, 2.05) is 0 Å². The summed E-state index contributed by atoms with van der Waals surface area (Å²) in [4.78, 5) is 35.5. The van der Waals surface area contributed by atoms with Gasteiger partial charge in [0.15, 0.2) is 0 Å². The van der Waals surface area contributed by atoms with Gasteiger partial charge in [-0.25, -0.2) is 9.59 Å². The number of azo groups is 2. The topological polar surface area (TPSA) is 308 Å². The summed E-state index contributed by atoms with van der Waals surface area (Å²) in [6.07, 6.45) is 0. The molecule has 0 atom stereocenters. The molecule has 0 bridgehead atoms. The van der Waals surface area contributed by atoms with E-state index in [4.69, 9.17) is 4.55 Å². The van der Waals surface area contributed by atoms with E-state index in [0.717, 1.165) is 6.07 Å². The molecule has 4 aromatic carbocycles. The van der Waals surface area contributed by atoms with E-state index in [-0.39, 0.29) is 51.8 Å². The highest BCUT2D eigenvalue weighted by molar-refractivity contribution is 7.86. The maximum atomic E-state index is 11.4. The maximum Gasteiger partial charge on any atom is 0.335 e. The molecule has 0 saturated heterocycles. The normalized spacial score (nSPS) is 11.9. The lowest BCUT2D eigenvalue weighted by Gasteiger charge is -2.12. The lowest BCUT2D eigenvalue weighted by molar-refractivity contribution is 0.0696. The van der Waals surface area contributed by atoms with E-state index in [0.29, 0.717) is 33.9 Å². The van der Waals surface area contributed by atoms with Crippen LogP contribution in [0.1, 0.15) is 31.8 Å². The number of hydrogen-bond acceptors (Lipinski definition) is 16. The van der Waals surface area contributed by atoms with Gasteiger partial charge < -0.3 is 26.2 Å². The Kier molecular flexibility index (Phi) is 11.8. The Morgan fingerprint density at radius 3 is 1.62 bits per heavy atom. The molecule has 55 heavy (non-hydrogen) atoms. The largest absolute Gasteiger partial charge is 0.478 e. The zero-order chi connectivity index (χ0) is 39.9. The first-order chi connectivity index (χ1) is 25.9. The van der Waals surface area contributed by atoms with Crippen molar-refractivity contribution in [3.63, 3.8) is 0 Å². The SMILES string of the molecule is Cc1cc(Nc2nc(NCCS(=O)(=O)O)nc(Nc3ccc(N=Nc4cccc(S(=O)(=O)O)c4)c(C)c3)n2)ccc1N=Nc1cc(C(=O)O)cc(C(=O)O)c1. The summed E-state index contributed by atoms with van der Waals surface area (Å²) in [6, 6.07) is 18.6. The number of nitrogens with zero attached hydrogens (tertiary/aromatic N) is 7. The Morgan fingerprint density at radius 2 is 1.15 bits per heavy atom. The minimum absolute atomic E-state index is 0.0245. The quantitative estimate of drug-likeness (QED) is 0.0426. The van der Waals surface area contributed by atoms with Crippen LogP contribution in [-0.4, -0.2) is 75.3 Å². The number of anilines is 5. The first kappa shape index (κ1) is 39.5. The molecule has 0 spiro atoms. The molecule has 0 unspecified atom stereocenters. The number of hydrogen-bond donors (Lipinski definition) is 7. The molecule has 5 aromatic rings. The van der Waals surface area contributed by atoms with Crippen molar-refractivity contribution < 1.29 is 45.7 Å². The molecule has 22 heteroatoms. The predicted octanol–water partition coefficient (Wildman–Crippen LogP) is 6.75. The third-order valence-electron chi connectivity index (χ3n) is 7.26. The number of benzene rings is 4. The van der Waals surface area contributed by atoms with Gasteiger partial charge in [0.1, 0.15) is 0 Å². The molecule has 0 aliphatic carbocycles. The summed E-state index contributed by atoms with van der Waals surface area (Å²) in [5.74, 6) is -3.23. The number of aryl methyl sites for hydroxylation is 2. The molecular formula is C33H30N10O10S2. The van der Waals surface area contributed by atoms with Gasteiger partial charge in [0, 0.05) is 17.9 Å². The second kappa shape index (κ2) is 16.5. The van der Waals surface area contributed by atoms with E-state index in [2.05, 4.69) is 51.4 Å². The number of rotatable bonds is 15. The smallest absolute Gasteiger partial charge is 0.335 e. The Labute approximate surface area is 312 Å². The first-order valence-corrected chi connectivity index (χ1v) is 18.7. The Morgan fingerprint density at radius 1 is 0.636 bits per heavy atom.